The minimum absolute atomic E-state index is 0.255. The molecule has 1 fully saturated rings. The summed E-state index contributed by atoms with van der Waals surface area (Å²) in [5, 5.41) is 0. The highest BCUT2D eigenvalue weighted by molar-refractivity contribution is 5.52. The van der Waals surface area contributed by atoms with Crippen LogP contribution >= 0.6 is 0 Å². The van der Waals surface area contributed by atoms with E-state index in [-0.39, 0.29) is 6.04 Å². The van der Waals surface area contributed by atoms with E-state index in [9.17, 15) is 0 Å². The van der Waals surface area contributed by atoms with Gasteiger partial charge >= 0.3 is 0 Å². The molecular formula is C11H17N3O. The van der Waals surface area contributed by atoms with E-state index in [1.165, 1.54) is 0 Å². The molecule has 4 heteroatoms. The molecule has 1 aliphatic rings. The normalized spacial score (nSPS) is 21.5. The minimum atomic E-state index is 0.255. The first kappa shape index (κ1) is 10.2. The lowest BCUT2D eigenvalue weighted by Gasteiger charge is -2.32. The monoisotopic (exact) mass is 207 g/mol. The molecule has 4 nitrogen and oxygen atoms in total. The molecule has 0 aliphatic carbocycles. The fraction of sp³-hybridized carbons (Fsp3) is 0.545. The van der Waals surface area contributed by atoms with Crippen molar-refractivity contribution in [1.82, 2.24) is 4.98 Å². The molecular weight excluding hydrogens is 190 g/mol. The largest absolute Gasteiger partial charge is 0.493 e. The van der Waals surface area contributed by atoms with Crippen molar-refractivity contribution >= 4 is 5.82 Å². The van der Waals surface area contributed by atoms with Gasteiger partial charge in [-0.2, -0.15) is 0 Å². The molecule has 15 heavy (non-hydrogen) atoms. The van der Waals surface area contributed by atoms with Crippen molar-refractivity contribution in [3.05, 3.63) is 18.3 Å². The van der Waals surface area contributed by atoms with E-state index >= 15 is 0 Å². The van der Waals surface area contributed by atoms with Crippen LogP contribution in [-0.2, 0) is 0 Å². The summed E-state index contributed by atoms with van der Waals surface area (Å²) in [5.74, 6) is 1.74. The topological polar surface area (TPSA) is 51.4 Å². The van der Waals surface area contributed by atoms with E-state index in [0.29, 0.717) is 0 Å². The van der Waals surface area contributed by atoms with Gasteiger partial charge < -0.3 is 15.4 Å². The average molecular weight is 207 g/mol. The standard InChI is InChI=1S/C11H17N3O/c1-15-10-5-2-6-13-11(10)14-7-3-4-9(12)8-14/h2,5-6,9H,3-4,7-8,12H2,1H3. The van der Waals surface area contributed by atoms with Crippen LogP contribution in [0.5, 0.6) is 5.75 Å². The molecule has 0 bridgehead atoms. The van der Waals surface area contributed by atoms with Gasteiger partial charge in [-0.15, -0.1) is 0 Å². The van der Waals surface area contributed by atoms with Gasteiger partial charge in [0.1, 0.15) is 0 Å². The van der Waals surface area contributed by atoms with E-state index in [0.717, 1.165) is 37.5 Å². The molecule has 1 atom stereocenters. The summed E-state index contributed by atoms with van der Waals surface area (Å²) in [4.78, 5) is 6.55. The number of nitrogens with two attached hydrogens (primary N) is 1. The Bertz CT molecular complexity index is 329. The fourth-order valence-corrected chi connectivity index (χ4v) is 1.98. The molecule has 0 aromatic carbocycles. The van der Waals surface area contributed by atoms with Gasteiger partial charge in [0.2, 0.25) is 0 Å². The highest BCUT2D eigenvalue weighted by atomic mass is 16.5. The third-order valence-corrected chi connectivity index (χ3v) is 2.73. The SMILES string of the molecule is COc1cccnc1N1CCCC(N)C1. The number of hydrogen-bond donors (Lipinski definition) is 1. The Hall–Kier alpha value is -1.29. The molecule has 0 radical (unpaired) electrons. The Morgan fingerprint density at radius 3 is 3.20 bits per heavy atom. The Morgan fingerprint density at radius 2 is 2.47 bits per heavy atom. The first-order valence-corrected chi connectivity index (χ1v) is 5.31. The van der Waals surface area contributed by atoms with Crippen LogP contribution in [0.2, 0.25) is 0 Å². The van der Waals surface area contributed by atoms with Crippen LogP contribution in [0.15, 0.2) is 18.3 Å². The van der Waals surface area contributed by atoms with Crippen LogP contribution in [-0.4, -0.2) is 31.2 Å². The number of methoxy groups -OCH3 is 1. The van der Waals surface area contributed by atoms with Crippen LogP contribution in [0.25, 0.3) is 0 Å². The Labute approximate surface area is 90.0 Å². The number of piperidine rings is 1. The number of hydrogen-bond acceptors (Lipinski definition) is 4. The van der Waals surface area contributed by atoms with Crippen molar-refractivity contribution < 1.29 is 4.74 Å². The maximum absolute atomic E-state index is 5.94. The van der Waals surface area contributed by atoms with Crippen LogP contribution in [0.1, 0.15) is 12.8 Å². The van der Waals surface area contributed by atoms with Crippen molar-refractivity contribution in [3.8, 4) is 5.75 Å². The van der Waals surface area contributed by atoms with Gasteiger partial charge in [0.05, 0.1) is 7.11 Å². The molecule has 0 spiro atoms. The number of nitrogens with zero attached hydrogens (tertiary/aromatic N) is 2. The molecule has 2 N–H and O–H groups in total. The second-order valence-corrected chi connectivity index (χ2v) is 3.88. The maximum atomic E-state index is 5.94. The van der Waals surface area contributed by atoms with Crippen molar-refractivity contribution in [1.29, 1.82) is 0 Å². The molecule has 0 saturated carbocycles. The van der Waals surface area contributed by atoms with E-state index in [1.54, 1.807) is 13.3 Å². The van der Waals surface area contributed by atoms with E-state index in [1.807, 2.05) is 12.1 Å². The second-order valence-electron chi connectivity index (χ2n) is 3.88. The number of ether oxygens (including phenoxy) is 1. The predicted molar refractivity (Wildman–Crippen MR) is 60.2 cm³/mol. The summed E-state index contributed by atoms with van der Waals surface area (Å²) in [7, 11) is 1.67. The van der Waals surface area contributed by atoms with Gasteiger partial charge in [-0.25, -0.2) is 4.98 Å². The summed E-state index contributed by atoms with van der Waals surface area (Å²) in [6.45, 7) is 1.88. The molecule has 1 saturated heterocycles. The van der Waals surface area contributed by atoms with E-state index in [2.05, 4.69) is 9.88 Å². The number of anilines is 1. The smallest absolute Gasteiger partial charge is 0.171 e. The van der Waals surface area contributed by atoms with Gasteiger partial charge in [-0.3, -0.25) is 0 Å². The van der Waals surface area contributed by atoms with Gasteiger partial charge in [0.15, 0.2) is 11.6 Å². The van der Waals surface area contributed by atoms with E-state index in [4.69, 9.17) is 10.5 Å². The van der Waals surface area contributed by atoms with Crippen LogP contribution in [0.4, 0.5) is 5.82 Å². The highest BCUT2D eigenvalue weighted by Gasteiger charge is 2.20. The zero-order chi connectivity index (χ0) is 10.7. The first-order chi connectivity index (χ1) is 7.31. The quantitative estimate of drug-likeness (QED) is 0.786. The van der Waals surface area contributed by atoms with E-state index < -0.39 is 0 Å². The zero-order valence-corrected chi connectivity index (χ0v) is 9.02. The predicted octanol–water partition coefficient (Wildman–Crippen LogP) is 1.02. The van der Waals surface area contributed by atoms with Gasteiger partial charge in [0, 0.05) is 25.3 Å². The van der Waals surface area contributed by atoms with Crippen LogP contribution in [0.3, 0.4) is 0 Å². The third-order valence-electron chi connectivity index (χ3n) is 2.73. The Kier molecular flexibility index (Phi) is 3.06. The van der Waals surface area contributed by atoms with Crippen LogP contribution < -0.4 is 15.4 Å². The second kappa shape index (κ2) is 4.49. The Balaban J connectivity index is 2.20. The molecule has 0 amide bonds. The fourth-order valence-electron chi connectivity index (χ4n) is 1.98. The van der Waals surface area contributed by atoms with Gasteiger partial charge in [-0.1, -0.05) is 0 Å². The summed E-state index contributed by atoms with van der Waals surface area (Å²) in [6, 6.07) is 4.07. The summed E-state index contributed by atoms with van der Waals surface area (Å²) in [6.07, 6.45) is 4.02. The van der Waals surface area contributed by atoms with Gasteiger partial charge in [0.25, 0.3) is 0 Å². The summed E-state index contributed by atoms with van der Waals surface area (Å²) < 4.78 is 5.29. The lowest BCUT2D eigenvalue weighted by Crippen LogP contribution is -2.43. The van der Waals surface area contributed by atoms with Gasteiger partial charge in [-0.05, 0) is 25.0 Å². The molecule has 2 heterocycles. The summed E-state index contributed by atoms with van der Waals surface area (Å²) >= 11 is 0. The molecule has 1 unspecified atom stereocenters. The number of aromatic nitrogens is 1. The molecule has 82 valence electrons. The maximum Gasteiger partial charge on any atom is 0.171 e. The molecule has 1 aromatic rings. The van der Waals surface area contributed by atoms with Crippen molar-refractivity contribution in [2.45, 2.75) is 18.9 Å². The first-order valence-electron chi connectivity index (χ1n) is 5.31. The molecule has 2 rings (SSSR count). The van der Waals surface area contributed by atoms with Crippen LogP contribution in [0, 0.1) is 0 Å². The Morgan fingerprint density at radius 1 is 1.60 bits per heavy atom. The lowest BCUT2D eigenvalue weighted by molar-refractivity contribution is 0.408. The number of pyridine rings is 1. The lowest BCUT2D eigenvalue weighted by atomic mass is 10.1. The zero-order valence-electron chi connectivity index (χ0n) is 9.02. The van der Waals surface area contributed by atoms with Crippen molar-refractivity contribution in [3.63, 3.8) is 0 Å². The van der Waals surface area contributed by atoms with Crippen molar-refractivity contribution in [2.75, 3.05) is 25.1 Å². The molecule has 1 aliphatic heterocycles. The molecule has 1 aromatic heterocycles. The third kappa shape index (κ3) is 2.21. The highest BCUT2D eigenvalue weighted by Crippen LogP contribution is 2.26. The number of rotatable bonds is 2. The van der Waals surface area contributed by atoms with Crippen molar-refractivity contribution in [2.24, 2.45) is 5.73 Å². The average Bonchev–Trinajstić information content (AvgIpc) is 2.29. The minimum Gasteiger partial charge on any atom is -0.493 e. The summed E-state index contributed by atoms with van der Waals surface area (Å²) in [5.41, 5.74) is 5.94.